The van der Waals surface area contributed by atoms with Gasteiger partial charge in [-0.1, -0.05) is 13.3 Å². The van der Waals surface area contributed by atoms with Crippen molar-refractivity contribution in [2.24, 2.45) is 23.7 Å². The second kappa shape index (κ2) is 3.23. The topological polar surface area (TPSA) is 15.5 Å². The smallest absolute Gasteiger partial charge is 0.170 e. The predicted molar refractivity (Wildman–Crippen MR) is 62.5 cm³/mol. The lowest BCUT2D eigenvalue weighted by atomic mass is 9.53. The summed E-state index contributed by atoms with van der Waals surface area (Å²) in [6, 6.07) is 0. The predicted octanol–water partition coefficient (Wildman–Crippen LogP) is 3.19. The van der Waals surface area contributed by atoms with E-state index in [9.17, 15) is 0 Å². The van der Waals surface area contributed by atoms with Gasteiger partial charge >= 0.3 is 0 Å². The van der Waals surface area contributed by atoms with E-state index in [-0.39, 0.29) is 5.72 Å². The van der Waals surface area contributed by atoms with Crippen LogP contribution in [0.4, 0.5) is 0 Å². The van der Waals surface area contributed by atoms with E-state index >= 15 is 0 Å². The highest BCUT2D eigenvalue weighted by molar-refractivity contribution is 5.10. The van der Waals surface area contributed by atoms with Gasteiger partial charge in [-0.05, 0) is 50.4 Å². The Morgan fingerprint density at radius 3 is 2.25 bits per heavy atom. The van der Waals surface area contributed by atoms with E-state index in [0.717, 1.165) is 23.7 Å². The van der Waals surface area contributed by atoms with Crippen LogP contribution >= 0.6 is 0 Å². The average molecular weight is 221 g/mol. The van der Waals surface area contributed by atoms with Crippen LogP contribution in [0.2, 0.25) is 0 Å². The van der Waals surface area contributed by atoms with E-state index < -0.39 is 0 Å². The quantitative estimate of drug-likeness (QED) is 0.680. The molecule has 1 spiro atoms. The molecule has 2 nitrogen and oxygen atoms in total. The Morgan fingerprint density at radius 2 is 1.69 bits per heavy atom. The summed E-state index contributed by atoms with van der Waals surface area (Å²) in [7, 11) is 0. The van der Waals surface area contributed by atoms with Gasteiger partial charge in [-0.3, -0.25) is 4.84 Å². The van der Waals surface area contributed by atoms with Crippen molar-refractivity contribution in [2.45, 2.75) is 57.6 Å². The summed E-state index contributed by atoms with van der Waals surface area (Å²) in [5, 5.41) is 2.36. The molecule has 4 saturated carbocycles. The zero-order valence-corrected chi connectivity index (χ0v) is 10.3. The Morgan fingerprint density at radius 1 is 1.06 bits per heavy atom. The summed E-state index contributed by atoms with van der Waals surface area (Å²) in [5.41, 5.74) is 0.253. The van der Waals surface area contributed by atoms with Crippen LogP contribution in [0.1, 0.15) is 51.9 Å². The molecule has 1 heterocycles. The van der Waals surface area contributed by atoms with E-state index in [4.69, 9.17) is 4.84 Å². The molecule has 16 heavy (non-hydrogen) atoms. The third-order valence-electron chi connectivity index (χ3n) is 5.64. The average Bonchev–Trinajstić information content (AvgIpc) is 2.98. The molecule has 0 aromatic heterocycles. The number of hydrogen-bond acceptors (Lipinski definition) is 2. The minimum Gasteiger partial charge on any atom is -0.271 e. The summed E-state index contributed by atoms with van der Waals surface area (Å²) in [6.07, 6.45) is 10.00. The SMILES string of the molecule is CCCCN1OC12C1CC3CC(C1)CC2C3. The van der Waals surface area contributed by atoms with Crippen molar-refractivity contribution in [3.63, 3.8) is 0 Å². The van der Waals surface area contributed by atoms with Gasteiger partial charge in [0.2, 0.25) is 0 Å². The number of hydroxylamine groups is 2. The second-order valence-electron chi connectivity index (χ2n) is 6.60. The summed E-state index contributed by atoms with van der Waals surface area (Å²) in [5.74, 6) is 3.90. The van der Waals surface area contributed by atoms with E-state index in [1.807, 2.05) is 0 Å². The van der Waals surface area contributed by atoms with Crippen molar-refractivity contribution < 1.29 is 4.84 Å². The van der Waals surface area contributed by atoms with E-state index in [0.29, 0.717) is 0 Å². The fourth-order valence-corrected chi connectivity index (χ4v) is 5.09. The molecule has 4 aliphatic carbocycles. The van der Waals surface area contributed by atoms with Gasteiger partial charge in [-0.15, -0.1) is 0 Å². The maximum Gasteiger partial charge on any atom is 0.170 e. The van der Waals surface area contributed by atoms with Crippen LogP contribution in [0, 0.1) is 23.7 Å². The lowest BCUT2D eigenvalue weighted by Gasteiger charge is -2.52. The van der Waals surface area contributed by atoms with Crippen molar-refractivity contribution in [3.05, 3.63) is 0 Å². The van der Waals surface area contributed by atoms with Gasteiger partial charge in [0, 0.05) is 18.4 Å². The Balaban J connectivity index is 1.53. The van der Waals surface area contributed by atoms with Crippen molar-refractivity contribution >= 4 is 0 Å². The molecule has 0 amide bonds. The zero-order chi connectivity index (χ0) is 10.8. The molecule has 1 saturated heterocycles. The molecule has 90 valence electrons. The maximum absolute atomic E-state index is 6.12. The van der Waals surface area contributed by atoms with Crippen molar-refractivity contribution in [1.82, 2.24) is 5.06 Å². The molecule has 0 aromatic carbocycles. The first kappa shape index (κ1) is 9.90. The van der Waals surface area contributed by atoms with Gasteiger partial charge < -0.3 is 0 Å². The van der Waals surface area contributed by atoms with Crippen LogP contribution in [0.5, 0.6) is 0 Å². The molecule has 1 atom stereocenters. The fourth-order valence-electron chi connectivity index (χ4n) is 5.09. The standard InChI is InChI=1S/C14H23NO/c1-2-3-4-15-14(16-15)12-6-10-5-11(8-12)9-13(14)7-10/h10-13H,2-9H2,1H3. The van der Waals surface area contributed by atoms with Crippen LogP contribution in [-0.2, 0) is 4.84 Å². The molecule has 2 heteroatoms. The lowest BCUT2D eigenvalue weighted by molar-refractivity contribution is -0.0581. The molecule has 5 rings (SSSR count). The minimum absolute atomic E-state index is 0.253. The number of rotatable bonds is 3. The molecule has 4 bridgehead atoms. The molecule has 5 fully saturated rings. The Hall–Kier alpha value is -0.0800. The zero-order valence-electron chi connectivity index (χ0n) is 10.3. The van der Waals surface area contributed by atoms with Crippen molar-refractivity contribution in [3.8, 4) is 0 Å². The number of hydrogen-bond donors (Lipinski definition) is 0. The maximum atomic E-state index is 6.12. The summed E-state index contributed by atoms with van der Waals surface area (Å²) < 4.78 is 0. The number of unbranched alkanes of at least 4 members (excludes halogenated alkanes) is 1. The van der Waals surface area contributed by atoms with Gasteiger partial charge in [0.05, 0.1) is 0 Å². The molecule has 1 unspecified atom stereocenters. The highest BCUT2D eigenvalue weighted by Crippen LogP contribution is 2.65. The second-order valence-corrected chi connectivity index (χ2v) is 6.60. The monoisotopic (exact) mass is 221 g/mol. The summed E-state index contributed by atoms with van der Waals surface area (Å²) >= 11 is 0. The number of nitrogens with zero attached hydrogens (tertiary/aromatic N) is 1. The molecular weight excluding hydrogens is 198 g/mol. The van der Waals surface area contributed by atoms with E-state index in [1.54, 1.807) is 0 Å². The van der Waals surface area contributed by atoms with Gasteiger partial charge in [-0.25, -0.2) is 0 Å². The lowest BCUT2D eigenvalue weighted by Crippen LogP contribution is -2.52. The first-order valence-electron chi connectivity index (χ1n) is 7.29. The third kappa shape index (κ3) is 1.15. The molecule has 1 aliphatic heterocycles. The van der Waals surface area contributed by atoms with Gasteiger partial charge in [-0.2, -0.15) is 5.06 Å². The molecule has 5 aliphatic rings. The van der Waals surface area contributed by atoms with Crippen LogP contribution in [0.15, 0.2) is 0 Å². The van der Waals surface area contributed by atoms with E-state index in [2.05, 4.69) is 12.0 Å². The third-order valence-corrected chi connectivity index (χ3v) is 5.64. The molecular formula is C14H23NO. The Labute approximate surface area is 98.3 Å². The van der Waals surface area contributed by atoms with Crippen LogP contribution in [0.3, 0.4) is 0 Å². The molecule has 0 radical (unpaired) electrons. The summed E-state index contributed by atoms with van der Waals surface area (Å²) in [4.78, 5) is 6.12. The Bertz CT molecular complexity index is 273. The van der Waals surface area contributed by atoms with Gasteiger partial charge in [0.25, 0.3) is 0 Å². The summed E-state index contributed by atoms with van der Waals surface area (Å²) in [6.45, 7) is 3.45. The van der Waals surface area contributed by atoms with Crippen LogP contribution < -0.4 is 0 Å². The first-order chi connectivity index (χ1) is 7.83. The van der Waals surface area contributed by atoms with Crippen LogP contribution in [0.25, 0.3) is 0 Å². The van der Waals surface area contributed by atoms with Crippen molar-refractivity contribution in [2.75, 3.05) is 6.54 Å². The fraction of sp³-hybridized carbons (Fsp3) is 1.00. The first-order valence-corrected chi connectivity index (χ1v) is 7.29. The highest BCUT2D eigenvalue weighted by atomic mass is 16.9. The molecule has 0 N–H and O–H groups in total. The normalized spacial score (nSPS) is 57.2. The van der Waals surface area contributed by atoms with E-state index in [1.165, 1.54) is 51.5 Å². The Kier molecular flexibility index (Phi) is 2.00. The van der Waals surface area contributed by atoms with Gasteiger partial charge in [0.15, 0.2) is 5.72 Å². The highest BCUT2D eigenvalue weighted by Gasteiger charge is 2.70. The minimum atomic E-state index is 0.253. The largest absolute Gasteiger partial charge is 0.271 e. The van der Waals surface area contributed by atoms with Gasteiger partial charge in [0.1, 0.15) is 0 Å². The van der Waals surface area contributed by atoms with Crippen molar-refractivity contribution in [1.29, 1.82) is 0 Å². The van der Waals surface area contributed by atoms with Crippen LogP contribution in [-0.4, -0.2) is 17.3 Å². The molecule has 0 aromatic rings.